The number of aromatic nitrogens is 3. The lowest BCUT2D eigenvalue weighted by atomic mass is 10.1. The second kappa shape index (κ2) is 10.6. The number of rotatable bonds is 7. The number of nitrogens with one attached hydrogen (secondary N) is 1. The van der Waals surface area contributed by atoms with Gasteiger partial charge in [-0.1, -0.05) is 29.5 Å². The van der Waals surface area contributed by atoms with E-state index >= 15 is 0 Å². The molecular formula is C30H25ClN6O4. The van der Waals surface area contributed by atoms with Gasteiger partial charge in [-0.3, -0.25) is 20.0 Å². The lowest BCUT2D eigenvalue weighted by molar-refractivity contribution is -0.385. The minimum atomic E-state index is -0.406. The average Bonchev–Trinajstić information content (AvgIpc) is 3.40. The normalized spacial score (nSPS) is 21.4. The van der Waals surface area contributed by atoms with E-state index in [1.807, 2.05) is 18.2 Å². The average molecular weight is 569 g/mol. The summed E-state index contributed by atoms with van der Waals surface area (Å²) in [7, 11) is 0. The lowest BCUT2D eigenvalue weighted by Crippen LogP contribution is -2.48. The van der Waals surface area contributed by atoms with Crippen molar-refractivity contribution in [3.63, 3.8) is 0 Å². The molecule has 3 aliphatic rings. The number of nitro groups is 1. The third-order valence-electron chi connectivity index (χ3n) is 7.98. The molecule has 3 atom stereocenters. The van der Waals surface area contributed by atoms with E-state index in [-0.39, 0.29) is 18.2 Å². The molecule has 11 heteroatoms. The number of benzene rings is 2. The largest absolute Gasteiger partial charge is 0.486 e. The number of piperidine rings is 1. The van der Waals surface area contributed by atoms with E-state index in [0.717, 1.165) is 32.0 Å². The summed E-state index contributed by atoms with van der Waals surface area (Å²) in [5.41, 5.74) is 2.28. The maximum Gasteiger partial charge on any atom is 0.285 e. The molecule has 1 saturated carbocycles. The highest BCUT2D eigenvalue weighted by Crippen LogP contribution is 2.52. The molecule has 0 radical (unpaired) electrons. The molecule has 10 nitrogen and oxygen atoms in total. The van der Waals surface area contributed by atoms with Crippen molar-refractivity contribution >= 4 is 39.7 Å². The predicted molar refractivity (Wildman–Crippen MR) is 153 cm³/mol. The third kappa shape index (κ3) is 5.15. The van der Waals surface area contributed by atoms with Gasteiger partial charge in [0.2, 0.25) is 0 Å². The van der Waals surface area contributed by atoms with Crippen LogP contribution in [-0.2, 0) is 11.3 Å². The van der Waals surface area contributed by atoms with E-state index in [1.54, 1.807) is 30.5 Å². The van der Waals surface area contributed by atoms with Crippen LogP contribution in [0.1, 0.15) is 11.3 Å². The topological polar surface area (TPSA) is 116 Å². The Kier molecular flexibility index (Phi) is 6.63. The van der Waals surface area contributed by atoms with Crippen LogP contribution in [0.5, 0.6) is 5.75 Å². The van der Waals surface area contributed by atoms with E-state index < -0.39 is 4.92 Å². The SMILES string of the molecule is O=[N+]([O-])c1cc2c(Nc3ccc(OCc4ccccn4)c(Cl)c3)ncnc2cc1C#C[C@@H]1[C@H]2CN(C3COC3)C[C@@H]12. The van der Waals surface area contributed by atoms with Crippen molar-refractivity contribution in [1.82, 2.24) is 19.9 Å². The van der Waals surface area contributed by atoms with Gasteiger partial charge in [-0.2, -0.15) is 0 Å². The van der Waals surface area contributed by atoms with Crippen molar-refractivity contribution in [2.24, 2.45) is 17.8 Å². The molecule has 4 heterocycles. The highest BCUT2D eigenvalue weighted by Gasteiger charge is 2.56. The molecule has 2 aliphatic heterocycles. The molecular weight excluding hydrogens is 544 g/mol. The smallest absolute Gasteiger partial charge is 0.285 e. The molecule has 0 spiro atoms. The summed E-state index contributed by atoms with van der Waals surface area (Å²) in [5, 5.41) is 16.1. The monoisotopic (exact) mass is 568 g/mol. The standard InChI is InChI=1S/C30H25ClN6O4/c31-26-10-19(5-7-29(26)41-14-20-3-1-2-8-32-20)35-30-23-11-28(37(38)39)18(9-27(23)33-17-34-30)4-6-22-24-12-36(13-25(22)24)21-15-40-16-21/h1-3,5,7-11,17,21-22,24-25H,12-16H2,(H,33,34,35)/t22-,24-,25+. The van der Waals surface area contributed by atoms with Gasteiger partial charge in [0.15, 0.2) is 0 Å². The van der Waals surface area contributed by atoms with Crippen LogP contribution in [0.3, 0.4) is 0 Å². The quantitative estimate of drug-likeness (QED) is 0.190. The molecule has 3 fully saturated rings. The van der Waals surface area contributed by atoms with Crippen molar-refractivity contribution in [3.05, 3.63) is 87.4 Å². The summed E-state index contributed by atoms with van der Waals surface area (Å²) in [6.07, 6.45) is 3.13. The van der Waals surface area contributed by atoms with Gasteiger partial charge in [0.25, 0.3) is 5.69 Å². The Balaban J connectivity index is 1.09. The first-order valence-electron chi connectivity index (χ1n) is 13.4. The van der Waals surface area contributed by atoms with Crippen LogP contribution in [0.4, 0.5) is 17.2 Å². The zero-order valence-electron chi connectivity index (χ0n) is 21.9. The lowest BCUT2D eigenvalue weighted by Gasteiger charge is -2.35. The van der Waals surface area contributed by atoms with Crippen molar-refractivity contribution in [2.45, 2.75) is 12.6 Å². The van der Waals surface area contributed by atoms with Crippen molar-refractivity contribution in [3.8, 4) is 17.6 Å². The van der Waals surface area contributed by atoms with E-state index in [2.05, 4.69) is 37.0 Å². The van der Waals surface area contributed by atoms with Gasteiger partial charge >= 0.3 is 0 Å². The number of nitro benzene ring substituents is 1. The van der Waals surface area contributed by atoms with Crippen LogP contribution in [0.15, 0.2) is 61.1 Å². The minimum Gasteiger partial charge on any atom is -0.486 e. The number of anilines is 2. The number of ether oxygens (including phenoxy) is 2. The van der Waals surface area contributed by atoms with E-state index in [4.69, 9.17) is 21.1 Å². The Hall–Kier alpha value is -4.30. The molecule has 0 amide bonds. The summed E-state index contributed by atoms with van der Waals surface area (Å²) in [5.74, 6) is 8.72. The summed E-state index contributed by atoms with van der Waals surface area (Å²) >= 11 is 6.47. The van der Waals surface area contributed by atoms with Gasteiger partial charge in [-0.05, 0) is 48.2 Å². The maximum absolute atomic E-state index is 12.0. The Morgan fingerprint density at radius 1 is 1.12 bits per heavy atom. The van der Waals surface area contributed by atoms with E-state index in [0.29, 0.717) is 56.6 Å². The van der Waals surface area contributed by atoms with Crippen LogP contribution >= 0.6 is 11.6 Å². The van der Waals surface area contributed by atoms with Crippen LogP contribution in [0.2, 0.25) is 5.02 Å². The first kappa shape index (κ1) is 25.7. The van der Waals surface area contributed by atoms with Crippen LogP contribution in [-0.4, -0.2) is 57.1 Å². The fourth-order valence-corrected chi connectivity index (χ4v) is 5.81. The number of fused-ring (bicyclic) bond motifs is 2. The predicted octanol–water partition coefficient (Wildman–Crippen LogP) is 4.84. The second-order valence-electron chi connectivity index (χ2n) is 10.5. The molecule has 7 rings (SSSR count). The number of nitrogens with zero attached hydrogens (tertiary/aromatic N) is 5. The van der Waals surface area contributed by atoms with Gasteiger partial charge in [0.1, 0.15) is 30.1 Å². The number of halogens is 1. The Morgan fingerprint density at radius 3 is 2.68 bits per heavy atom. The summed E-state index contributed by atoms with van der Waals surface area (Å²) in [6.45, 7) is 3.98. The number of hydrogen-bond acceptors (Lipinski definition) is 9. The van der Waals surface area contributed by atoms with E-state index in [1.165, 1.54) is 12.4 Å². The molecule has 0 unspecified atom stereocenters. The fourth-order valence-electron chi connectivity index (χ4n) is 5.58. The zero-order valence-corrected chi connectivity index (χ0v) is 22.6. The van der Waals surface area contributed by atoms with Gasteiger partial charge < -0.3 is 14.8 Å². The molecule has 4 aromatic rings. The van der Waals surface area contributed by atoms with Crippen molar-refractivity contribution < 1.29 is 14.4 Å². The maximum atomic E-state index is 12.0. The van der Waals surface area contributed by atoms with Crippen molar-refractivity contribution in [1.29, 1.82) is 0 Å². The minimum absolute atomic E-state index is 0.0711. The summed E-state index contributed by atoms with van der Waals surface area (Å²) < 4.78 is 11.1. The highest BCUT2D eigenvalue weighted by atomic mass is 35.5. The third-order valence-corrected chi connectivity index (χ3v) is 8.27. The van der Waals surface area contributed by atoms with Gasteiger partial charge in [0, 0.05) is 42.3 Å². The number of pyridine rings is 1. The molecule has 0 bridgehead atoms. The van der Waals surface area contributed by atoms with Crippen molar-refractivity contribution in [2.75, 3.05) is 31.6 Å². The highest BCUT2D eigenvalue weighted by molar-refractivity contribution is 6.32. The molecule has 2 aromatic carbocycles. The first-order valence-corrected chi connectivity index (χ1v) is 13.8. The molecule has 206 valence electrons. The van der Waals surface area contributed by atoms with E-state index in [9.17, 15) is 10.1 Å². The van der Waals surface area contributed by atoms with Crippen LogP contribution in [0, 0.1) is 39.7 Å². The zero-order chi connectivity index (χ0) is 27.9. The molecule has 1 aliphatic carbocycles. The molecule has 2 saturated heterocycles. The summed E-state index contributed by atoms with van der Waals surface area (Å²) in [4.78, 5) is 27.0. The van der Waals surface area contributed by atoms with Gasteiger partial charge in [0.05, 0.1) is 40.4 Å². The van der Waals surface area contributed by atoms with Crippen LogP contribution in [0.25, 0.3) is 10.9 Å². The molecule has 2 aromatic heterocycles. The Morgan fingerprint density at radius 2 is 1.98 bits per heavy atom. The molecule has 1 N–H and O–H groups in total. The molecule has 41 heavy (non-hydrogen) atoms. The van der Waals surface area contributed by atoms with Gasteiger partial charge in [-0.15, -0.1) is 0 Å². The fraction of sp³-hybridized carbons (Fsp3) is 0.300. The number of likely N-dealkylation sites (tertiary alicyclic amines) is 1. The second-order valence-corrected chi connectivity index (χ2v) is 10.9. The Labute approximate surface area is 240 Å². The van der Waals surface area contributed by atoms with Gasteiger partial charge in [-0.25, -0.2) is 9.97 Å². The first-order chi connectivity index (χ1) is 20.0. The number of hydrogen-bond donors (Lipinski definition) is 1. The Bertz CT molecular complexity index is 1690. The van der Waals surface area contributed by atoms with Crippen LogP contribution < -0.4 is 10.1 Å². The summed E-state index contributed by atoms with van der Waals surface area (Å²) in [6, 6.07) is 14.6.